The lowest BCUT2D eigenvalue weighted by atomic mass is 9.77. The monoisotopic (exact) mass is 804 g/mol. The molecule has 0 amide bonds. The molecule has 0 spiro atoms. The minimum atomic E-state index is -4.48. The number of aliphatic hydroxyl groups excluding tert-OH is 1. The molecule has 2 unspecified atom stereocenters. The summed E-state index contributed by atoms with van der Waals surface area (Å²) in [5.41, 5.74) is 3.85. The van der Waals surface area contributed by atoms with Crippen LogP contribution >= 0.6 is 0 Å². The highest BCUT2D eigenvalue weighted by molar-refractivity contribution is 7.92. The number of carbonyl (C=O) groups excluding carboxylic acids is 3. The minimum absolute atomic E-state index is 0.0470. The zero-order chi connectivity index (χ0) is 41.1. The van der Waals surface area contributed by atoms with E-state index in [0.29, 0.717) is 11.3 Å². The Bertz CT molecular complexity index is 2390. The predicted molar refractivity (Wildman–Crippen MR) is 224 cm³/mol. The van der Waals surface area contributed by atoms with Gasteiger partial charge in [-0.2, -0.15) is 0 Å². The Labute approximate surface area is 339 Å². The number of likely N-dealkylation sites (tertiary alicyclic amines) is 1. The average molecular weight is 805 g/mol. The van der Waals surface area contributed by atoms with Crippen LogP contribution < -0.4 is 9.62 Å². The van der Waals surface area contributed by atoms with Gasteiger partial charge >= 0.3 is 11.9 Å². The van der Waals surface area contributed by atoms with Crippen molar-refractivity contribution >= 4 is 50.4 Å². The number of allylic oxidation sites excluding steroid dienone is 6. The zero-order valence-corrected chi connectivity index (χ0v) is 34.0. The molecule has 0 bridgehead atoms. The van der Waals surface area contributed by atoms with Gasteiger partial charge in [0.15, 0.2) is 0 Å². The Morgan fingerprint density at radius 3 is 1.98 bits per heavy atom. The number of aliphatic hydroxyl groups is 1. The molecule has 2 saturated heterocycles. The van der Waals surface area contributed by atoms with Crippen LogP contribution in [0.15, 0.2) is 118 Å². The van der Waals surface area contributed by atoms with Gasteiger partial charge in [-0.1, -0.05) is 60.7 Å². The summed E-state index contributed by atoms with van der Waals surface area (Å²) in [4.78, 5) is 48.2. The maximum absolute atomic E-state index is 14.5. The van der Waals surface area contributed by atoms with Gasteiger partial charge in [0.1, 0.15) is 11.9 Å². The summed E-state index contributed by atoms with van der Waals surface area (Å²) in [5, 5.41) is 12.0. The van der Waals surface area contributed by atoms with Crippen LogP contribution in [-0.4, -0.2) is 74.6 Å². The van der Waals surface area contributed by atoms with Crippen LogP contribution in [-0.2, 0) is 33.9 Å². The van der Waals surface area contributed by atoms with Gasteiger partial charge in [0.05, 0.1) is 29.1 Å². The lowest BCUT2D eigenvalue weighted by molar-refractivity contribution is -0.146. The number of ketones is 1. The van der Waals surface area contributed by atoms with Crippen molar-refractivity contribution in [1.29, 1.82) is 0 Å². The van der Waals surface area contributed by atoms with E-state index in [9.17, 15) is 27.9 Å². The van der Waals surface area contributed by atoms with E-state index in [2.05, 4.69) is 14.5 Å². The summed E-state index contributed by atoms with van der Waals surface area (Å²) >= 11 is 0. The van der Waals surface area contributed by atoms with Crippen molar-refractivity contribution in [1.82, 2.24) is 4.90 Å². The molecule has 2 aliphatic heterocycles. The van der Waals surface area contributed by atoms with Crippen LogP contribution in [0.5, 0.6) is 0 Å². The first-order chi connectivity index (χ1) is 27.8. The Morgan fingerprint density at radius 1 is 0.810 bits per heavy atom. The second kappa shape index (κ2) is 16.9. The van der Waals surface area contributed by atoms with E-state index in [1.54, 1.807) is 42.5 Å². The predicted octanol–water partition coefficient (Wildman–Crippen LogP) is 7.43. The fourth-order valence-electron chi connectivity index (χ4n) is 8.04. The molecule has 7 rings (SSSR count). The van der Waals surface area contributed by atoms with Crippen molar-refractivity contribution in [3.8, 4) is 0 Å². The molecule has 0 saturated carbocycles. The molecule has 13 heteroatoms. The number of hydrogen-bond acceptors (Lipinski definition) is 11. The second-order valence-corrected chi connectivity index (χ2v) is 16.7. The van der Waals surface area contributed by atoms with Gasteiger partial charge in [-0.3, -0.25) is 24.1 Å². The van der Waals surface area contributed by atoms with E-state index in [0.717, 1.165) is 86.9 Å². The first-order valence-corrected chi connectivity index (χ1v) is 21.2. The molecule has 0 radical (unpaired) electrons. The number of aliphatic imine (C=N–C) groups is 1. The molecule has 302 valence electrons. The number of sulfonamides is 1. The molecule has 2 heterocycles. The number of benzene rings is 3. The average Bonchev–Trinajstić information content (AvgIpc) is 3.94. The van der Waals surface area contributed by atoms with Gasteiger partial charge in [-0.25, -0.2) is 8.42 Å². The number of carbonyl (C=O) groups is 3. The number of rotatable bonds is 12. The molecule has 12 nitrogen and oxygen atoms in total. The van der Waals surface area contributed by atoms with Crippen molar-refractivity contribution in [2.24, 2.45) is 4.99 Å². The highest BCUT2D eigenvalue weighted by Gasteiger charge is 2.41. The third kappa shape index (κ3) is 8.36. The molecule has 2 atom stereocenters. The Balaban J connectivity index is 1.34. The third-order valence-electron chi connectivity index (χ3n) is 10.8. The van der Waals surface area contributed by atoms with E-state index in [1.807, 2.05) is 56.3 Å². The largest absolute Gasteiger partial charge is 0.506 e. The van der Waals surface area contributed by atoms with Gasteiger partial charge in [-0.15, -0.1) is 0 Å². The first kappa shape index (κ1) is 40.3. The first-order valence-electron chi connectivity index (χ1n) is 19.6. The van der Waals surface area contributed by atoms with Gasteiger partial charge in [0.25, 0.3) is 10.0 Å². The maximum Gasteiger partial charge on any atom is 0.304 e. The number of hydrogen-bond donors (Lipinski definition) is 2. The Kier molecular flexibility index (Phi) is 11.7. The number of anilines is 2. The summed E-state index contributed by atoms with van der Waals surface area (Å²) in [6.45, 7) is 9.69. The highest BCUT2D eigenvalue weighted by atomic mass is 32.2. The van der Waals surface area contributed by atoms with E-state index < -0.39 is 39.3 Å². The second-order valence-electron chi connectivity index (χ2n) is 15.0. The molecule has 2 N–H and O–H groups in total. The van der Waals surface area contributed by atoms with Gasteiger partial charge in [0.2, 0.25) is 11.2 Å². The van der Waals surface area contributed by atoms with Gasteiger partial charge in [0, 0.05) is 68.1 Å². The fourth-order valence-corrected chi connectivity index (χ4v) is 9.40. The molecular formula is C45H48N4O8S. The molecular weight excluding hydrogens is 757 g/mol. The third-order valence-corrected chi connectivity index (χ3v) is 12.2. The molecule has 3 aromatic rings. The lowest BCUT2D eigenvalue weighted by Crippen LogP contribution is -2.29. The van der Waals surface area contributed by atoms with Crippen LogP contribution in [0.4, 0.5) is 11.4 Å². The standard InChI is InChI=1S/C45H48N4O8S/c1-28-23-34(36(25-38(28)48-19-11-12-20-48)46-27-40(56-30(3)50)32-15-7-5-8-16-32)41-43(52)42(44(41)53)35-24-29(2)39(49-21-13-14-22-49)26-37(35)47-58(54,55)45(57-31(4)51)33-17-9-6-10-18-33/h5-10,15-18,23-26,40,45,47,52H,11-14,19-22,27H2,1-4H3. The lowest BCUT2D eigenvalue weighted by Gasteiger charge is -2.31. The van der Waals surface area contributed by atoms with E-state index >= 15 is 0 Å². The molecule has 2 fully saturated rings. The number of nitrogens with zero attached hydrogens (tertiary/aromatic N) is 3. The van der Waals surface area contributed by atoms with Crippen molar-refractivity contribution in [3.63, 3.8) is 0 Å². The van der Waals surface area contributed by atoms with E-state index in [1.165, 1.54) is 6.92 Å². The number of ether oxygens (including phenoxy) is 2. The van der Waals surface area contributed by atoms with Crippen molar-refractivity contribution in [2.45, 2.75) is 64.9 Å². The Hall–Kier alpha value is -5.95. The van der Waals surface area contributed by atoms with Crippen molar-refractivity contribution in [3.05, 3.63) is 135 Å². The van der Waals surface area contributed by atoms with E-state index in [-0.39, 0.29) is 40.3 Å². The number of nitrogens with one attached hydrogen (secondary N) is 1. The van der Waals surface area contributed by atoms with Crippen LogP contribution in [0.25, 0.3) is 5.57 Å². The molecule has 0 aromatic heterocycles. The summed E-state index contributed by atoms with van der Waals surface area (Å²) in [6.07, 6.45) is 7.13. The zero-order valence-electron chi connectivity index (χ0n) is 33.2. The van der Waals surface area contributed by atoms with Crippen LogP contribution in [0.1, 0.15) is 80.2 Å². The smallest absolute Gasteiger partial charge is 0.304 e. The quantitative estimate of drug-likeness (QED) is 0.140. The highest BCUT2D eigenvalue weighted by Crippen LogP contribution is 2.45. The summed E-state index contributed by atoms with van der Waals surface area (Å²) in [5.74, 6) is -2.04. The van der Waals surface area contributed by atoms with Crippen LogP contribution in [0, 0.1) is 6.92 Å². The maximum atomic E-state index is 14.5. The fraction of sp³-hybridized carbons (Fsp3) is 0.333. The summed E-state index contributed by atoms with van der Waals surface area (Å²) in [7, 11) is -4.48. The normalized spacial score (nSPS) is 20.1. The summed E-state index contributed by atoms with van der Waals surface area (Å²) in [6, 6.07) is 20.8. The molecule has 4 aliphatic rings. The van der Waals surface area contributed by atoms with Crippen LogP contribution in [0.2, 0.25) is 0 Å². The number of esters is 2. The van der Waals surface area contributed by atoms with Crippen molar-refractivity contribution < 1.29 is 37.4 Å². The van der Waals surface area contributed by atoms with Crippen molar-refractivity contribution in [2.75, 3.05) is 42.3 Å². The van der Waals surface area contributed by atoms with E-state index in [4.69, 9.17) is 14.5 Å². The van der Waals surface area contributed by atoms with Gasteiger partial charge < -0.3 is 24.4 Å². The number of aryl methyl sites for hydroxylation is 1. The topological polar surface area (TPSA) is 155 Å². The Morgan fingerprint density at radius 2 is 1.40 bits per heavy atom. The minimum Gasteiger partial charge on any atom is -0.506 e. The van der Waals surface area contributed by atoms with Gasteiger partial charge in [-0.05, 0) is 80.5 Å². The molecule has 2 aliphatic carbocycles. The van der Waals surface area contributed by atoms with Crippen LogP contribution in [0.3, 0.4) is 0 Å². The molecule has 58 heavy (non-hydrogen) atoms. The SMILES string of the molecule is CC(=O)OC(CN=C1C=C(N2CCCC2)C(C)=CC1=C1C(=O)C(c2cc(C)c(N3CCCC3)cc2NS(=O)(=O)C(OC(C)=O)c2ccccc2)=C1O)c1ccccc1. The number of Topliss-reactive ketones (excluding diaryl/α,β-unsaturated/α-hetero) is 1. The summed E-state index contributed by atoms with van der Waals surface area (Å²) < 4.78 is 42.1. The molecule has 3 aromatic carbocycles.